The summed E-state index contributed by atoms with van der Waals surface area (Å²) < 4.78 is 18.5. The van der Waals surface area contributed by atoms with Crippen LogP contribution in [0.15, 0.2) is 16.5 Å². The Morgan fingerprint density at radius 3 is 3.06 bits per heavy atom. The van der Waals surface area contributed by atoms with Gasteiger partial charge in [0.2, 0.25) is 0 Å². The molecular formula is C11H12ClFN2O. The average molecular weight is 243 g/mol. The van der Waals surface area contributed by atoms with Gasteiger partial charge in [0, 0.05) is 12.5 Å². The number of fused-ring (bicyclic) bond motifs is 1. The second kappa shape index (κ2) is 4.80. The van der Waals surface area contributed by atoms with Crippen molar-refractivity contribution < 1.29 is 8.81 Å². The van der Waals surface area contributed by atoms with Gasteiger partial charge in [-0.25, -0.2) is 9.37 Å². The Morgan fingerprint density at radius 1 is 1.50 bits per heavy atom. The highest BCUT2D eigenvalue weighted by atomic mass is 35.5. The maximum atomic E-state index is 13.0. The highest BCUT2D eigenvalue weighted by molar-refractivity contribution is 6.34. The van der Waals surface area contributed by atoms with E-state index < -0.39 is 5.82 Å². The molecule has 0 bridgehead atoms. The lowest BCUT2D eigenvalue weighted by Gasteiger charge is -1.94. The fourth-order valence-corrected chi connectivity index (χ4v) is 1.77. The highest BCUT2D eigenvalue weighted by Gasteiger charge is 2.10. The number of nitrogens with one attached hydrogen (secondary N) is 1. The summed E-state index contributed by atoms with van der Waals surface area (Å²) in [7, 11) is 1.89. The number of halogens is 2. The molecule has 1 N–H and O–H groups in total. The van der Waals surface area contributed by atoms with Crippen LogP contribution in [0, 0.1) is 5.82 Å². The van der Waals surface area contributed by atoms with Crippen LogP contribution in [0.3, 0.4) is 0 Å². The van der Waals surface area contributed by atoms with Crippen LogP contribution in [0.4, 0.5) is 4.39 Å². The molecule has 1 heterocycles. The van der Waals surface area contributed by atoms with Crippen molar-refractivity contribution in [2.75, 3.05) is 13.6 Å². The predicted octanol–water partition coefficient (Wildman–Crippen LogP) is 2.77. The molecule has 2 rings (SSSR count). The van der Waals surface area contributed by atoms with E-state index in [2.05, 4.69) is 10.3 Å². The number of rotatable bonds is 4. The summed E-state index contributed by atoms with van der Waals surface area (Å²) in [5.41, 5.74) is 0.937. The van der Waals surface area contributed by atoms with Gasteiger partial charge in [0.1, 0.15) is 11.3 Å². The molecule has 0 atom stereocenters. The van der Waals surface area contributed by atoms with Gasteiger partial charge < -0.3 is 9.73 Å². The second-order valence-corrected chi connectivity index (χ2v) is 3.96. The number of hydrogen-bond donors (Lipinski definition) is 1. The Hall–Kier alpha value is -1.13. The molecule has 0 fully saturated rings. The van der Waals surface area contributed by atoms with E-state index in [9.17, 15) is 4.39 Å². The van der Waals surface area contributed by atoms with Gasteiger partial charge in [-0.05, 0) is 26.1 Å². The zero-order valence-electron chi connectivity index (χ0n) is 8.89. The quantitative estimate of drug-likeness (QED) is 0.838. The monoisotopic (exact) mass is 242 g/mol. The first-order valence-electron chi connectivity index (χ1n) is 5.10. The number of nitrogens with zero attached hydrogens (tertiary/aromatic N) is 1. The molecule has 86 valence electrons. The summed E-state index contributed by atoms with van der Waals surface area (Å²) in [5, 5.41) is 3.30. The van der Waals surface area contributed by atoms with E-state index in [4.69, 9.17) is 16.0 Å². The maximum Gasteiger partial charge on any atom is 0.195 e. The average Bonchev–Trinajstić information content (AvgIpc) is 2.61. The lowest BCUT2D eigenvalue weighted by molar-refractivity contribution is 0.515. The first-order valence-corrected chi connectivity index (χ1v) is 5.47. The predicted molar refractivity (Wildman–Crippen MR) is 61.2 cm³/mol. The van der Waals surface area contributed by atoms with Crippen molar-refractivity contribution in [1.29, 1.82) is 0 Å². The zero-order chi connectivity index (χ0) is 11.5. The van der Waals surface area contributed by atoms with Crippen LogP contribution in [-0.4, -0.2) is 18.6 Å². The lowest BCUT2D eigenvalue weighted by Crippen LogP contribution is -2.08. The molecular weight excluding hydrogens is 231 g/mol. The fourth-order valence-electron chi connectivity index (χ4n) is 1.53. The fraction of sp³-hybridized carbons (Fsp3) is 0.364. The van der Waals surface area contributed by atoms with Crippen molar-refractivity contribution in [3.8, 4) is 0 Å². The van der Waals surface area contributed by atoms with Gasteiger partial charge in [-0.3, -0.25) is 0 Å². The molecule has 2 aromatic rings. The van der Waals surface area contributed by atoms with Crippen molar-refractivity contribution >= 4 is 22.7 Å². The van der Waals surface area contributed by atoms with Crippen LogP contribution in [0.1, 0.15) is 12.3 Å². The number of benzene rings is 1. The minimum Gasteiger partial charge on any atom is -0.439 e. The largest absolute Gasteiger partial charge is 0.439 e. The van der Waals surface area contributed by atoms with Crippen LogP contribution < -0.4 is 5.32 Å². The van der Waals surface area contributed by atoms with E-state index in [0.29, 0.717) is 23.4 Å². The van der Waals surface area contributed by atoms with E-state index in [-0.39, 0.29) is 5.02 Å². The number of aryl methyl sites for hydroxylation is 1. The first-order chi connectivity index (χ1) is 7.70. The standard InChI is InChI=1S/C11H12ClFN2O/c1-14-4-2-3-10-15-9-6-7(13)5-8(12)11(9)16-10/h5-6,14H,2-4H2,1H3. The molecule has 5 heteroatoms. The third-order valence-electron chi connectivity index (χ3n) is 2.27. The van der Waals surface area contributed by atoms with Crippen LogP contribution >= 0.6 is 11.6 Å². The Morgan fingerprint density at radius 2 is 2.31 bits per heavy atom. The summed E-state index contributed by atoms with van der Waals surface area (Å²) >= 11 is 5.85. The SMILES string of the molecule is CNCCCc1nc2cc(F)cc(Cl)c2o1. The third kappa shape index (κ3) is 2.33. The van der Waals surface area contributed by atoms with Crippen molar-refractivity contribution in [3.05, 3.63) is 28.9 Å². The van der Waals surface area contributed by atoms with Gasteiger partial charge in [0.15, 0.2) is 11.5 Å². The normalized spacial score (nSPS) is 11.2. The summed E-state index contributed by atoms with van der Waals surface area (Å²) in [4.78, 5) is 4.19. The molecule has 0 amide bonds. The van der Waals surface area contributed by atoms with Gasteiger partial charge in [0.05, 0.1) is 5.02 Å². The molecule has 3 nitrogen and oxygen atoms in total. The maximum absolute atomic E-state index is 13.0. The van der Waals surface area contributed by atoms with Gasteiger partial charge in [-0.1, -0.05) is 11.6 Å². The number of hydrogen-bond acceptors (Lipinski definition) is 3. The van der Waals surface area contributed by atoms with Crippen LogP contribution in [0.5, 0.6) is 0 Å². The third-order valence-corrected chi connectivity index (χ3v) is 2.55. The van der Waals surface area contributed by atoms with Crippen molar-refractivity contribution in [1.82, 2.24) is 10.3 Å². The van der Waals surface area contributed by atoms with Gasteiger partial charge in [-0.15, -0.1) is 0 Å². The van der Waals surface area contributed by atoms with E-state index in [0.717, 1.165) is 13.0 Å². The summed E-state index contributed by atoms with van der Waals surface area (Å²) in [5.74, 6) is 0.199. The molecule has 0 spiro atoms. The molecule has 0 saturated carbocycles. The Bertz CT molecular complexity index is 498. The van der Waals surface area contributed by atoms with E-state index in [1.807, 2.05) is 7.05 Å². The molecule has 0 aliphatic carbocycles. The van der Waals surface area contributed by atoms with Crippen molar-refractivity contribution in [3.63, 3.8) is 0 Å². The Labute approximate surface area is 97.6 Å². The van der Waals surface area contributed by atoms with Gasteiger partial charge in [-0.2, -0.15) is 0 Å². The molecule has 1 aromatic carbocycles. The molecule has 0 aliphatic rings. The Kier molecular flexibility index (Phi) is 3.41. The van der Waals surface area contributed by atoms with Gasteiger partial charge >= 0.3 is 0 Å². The molecule has 0 aliphatic heterocycles. The highest BCUT2D eigenvalue weighted by Crippen LogP contribution is 2.25. The van der Waals surface area contributed by atoms with E-state index in [1.165, 1.54) is 12.1 Å². The summed E-state index contributed by atoms with van der Waals surface area (Å²) in [6.45, 7) is 0.890. The summed E-state index contributed by atoms with van der Waals surface area (Å²) in [6, 6.07) is 2.55. The van der Waals surface area contributed by atoms with Gasteiger partial charge in [0.25, 0.3) is 0 Å². The number of oxazole rings is 1. The molecule has 0 radical (unpaired) electrons. The minimum atomic E-state index is -0.396. The summed E-state index contributed by atoms with van der Waals surface area (Å²) in [6.07, 6.45) is 1.64. The first kappa shape index (κ1) is 11.4. The van der Waals surface area contributed by atoms with E-state index >= 15 is 0 Å². The zero-order valence-corrected chi connectivity index (χ0v) is 9.64. The molecule has 0 saturated heterocycles. The second-order valence-electron chi connectivity index (χ2n) is 3.55. The number of aromatic nitrogens is 1. The van der Waals surface area contributed by atoms with E-state index in [1.54, 1.807) is 0 Å². The lowest BCUT2D eigenvalue weighted by atomic mass is 10.3. The minimum absolute atomic E-state index is 0.266. The molecule has 16 heavy (non-hydrogen) atoms. The van der Waals surface area contributed by atoms with Crippen LogP contribution in [-0.2, 0) is 6.42 Å². The molecule has 1 aromatic heterocycles. The topological polar surface area (TPSA) is 38.1 Å². The van der Waals surface area contributed by atoms with Crippen LogP contribution in [0.2, 0.25) is 5.02 Å². The smallest absolute Gasteiger partial charge is 0.195 e. The van der Waals surface area contributed by atoms with Crippen molar-refractivity contribution in [2.24, 2.45) is 0 Å². The van der Waals surface area contributed by atoms with Crippen LogP contribution in [0.25, 0.3) is 11.1 Å². The Balaban J connectivity index is 2.26. The van der Waals surface area contributed by atoms with Crippen molar-refractivity contribution in [2.45, 2.75) is 12.8 Å². The molecule has 0 unspecified atom stereocenters.